The molecule has 0 saturated heterocycles. The van der Waals surface area contributed by atoms with E-state index in [-0.39, 0.29) is 16.5 Å². The van der Waals surface area contributed by atoms with E-state index in [9.17, 15) is 26.7 Å². The molecule has 21 heavy (non-hydrogen) atoms. The molecule has 118 valence electrons. The number of benzene rings is 1. The standard InChI is InChI=1S/C11H9ClF5NO3/c1-20-7-4-6(8(21-2)3-5(7)12)18-9(19)10(13,14)11(15,16)17/h3-4H,1-2H3,(H,18,19). The lowest BCUT2D eigenvalue weighted by atomic mass is 10.2. The molecule has 0 spiro atoms. The van der Waals surface area contributed by atoms with Crippen LogP contribution in [0, 0.1) is 0 Å². The third kappa shape index (κ3) is 3.46. The molecule has 0 saturated carbocycles. The van der Waals surface area contributed by atoms with Gasteiger partial charge in [0.1, 0.15) is 11.5 Å². The molecule has 0 aliphatic carbocycles. The highest BCUT2D eigenvalue weighted by Gasteiger charge is 2.63. The number of rotatable bonds is 4. The molecule has 0 atom stereocenters. The average molecular weight is 334 g/mol. The summed E-state index contributed by atoms with van der Waals surface area (Å²) in [5.74, 6) is -8.34. The van der Waals surface area contributed by atoms with Crippen molar-refractivity contribution in [2.24, 2.45) is 0 Å². The van der Waals surface area contributed by atoms with Gasteiger partial charge in [-0.3, -0.25) is 4.79 Å². The number of anilines is 1. The lowest BCUT2D eigenvalue weighted by Gasteiger charge is -2.20. The lowest BCUT2D eigenvalue weighted by Crippen LogP contribution is -2.47. The Morgan fingerprint density at radius 1 is 1.10 bits per heavy atom. The minimum atomic E-state index is -6.01. The van der Waals surface area contributed by atoms with Crippen LogP contribution in [0.15, 0.2) is 12.1 Å². The normalized spacial score (nSPS) is 12.0. The van der Waals surface area contributed by atoms with Gasteiger partial charge in [0.25, 0.3) is 0 Å². The second-order valence-corrected chi connectivity index (χ2v) is 4.12. The molecule has 1 aromatic carbocycles. The molecule has 1 aromatic rings. The Bertz CT molecular complexity index is 547. The van der Waals surface area contributed by atoms with Crippen LogP contribution in [0.1, 0.15) is 0 Å². The molecule has 0 aliphatic rings. The number of methoxy groups -OCH3 is 2. The molecule has 0 bridgehead atoms. The maximum atomic E-state index is 12.9. The monoisotopic (exact) mass is 333 g/mol. The highest BCUT2D eigenvalue weighted by molar-refractivity contribution is 6.32. The van der Waals surface area contributed by atoms with Crippen LogP contribution in [-0.2, 0) is 4.79 Å². The molecule has 0 radical (unpaired) electrons. The summed E-state index contributed by atoms with van der Waals surface area (Å²) >= 11 is 5.73. The highest BCUT2D eigenvalue weighted by Crippen LogP contribution is 2.39. The topological polar surface area (TPSA) is 47.6 Å². The van der Waals surface area contributed by atoms with Crippen molar-refractivity contribution in [2.75, 3.05) is 19.5 Å². The van der Waals surface area contributed by atoms with Gasteiger partial charge < -0.3 is 14.8 Å². The van der Waals surface area contributed by atoms with Crippen molar-refractivity contribution < 1.29 is 36.2 Å². The summed E-state index contributed by atoms with van der Waals surface area (Å²) in [5, 5.41) is 1.46. The van der Waals surface area contributed by atoms with Crippen molar-refractivity contribution in [3.63, 3.8) is 0 Å². The Hall–Kier alpha value is -1.77. The second kappa shape index (κ2) is 5.92. The van der Waals surface area contributed by atoms with Crippen molar-refractivity contribution >= 4 is 23.2 Å². The molecule has 1 N–H and O–H groups in total. The van der Waals surface area contributed by atoms with E-state index >= 15 is 0 Å². The first kappa shape index (κ1) is 17.3. The number of ether oxygens (including phenoxy) is 2. The van der Waals surface area contributed by atoms with E-state index in [0.29, 0.717) is 0 Å². The SMILES string of the molecule is COc1cc(NC(=O)C(F)(F)C(F)(F)F)c(OC)cc1Cl. The fourth-order valence-corrected chi connectivity index (χ4v) is 1.52. The van der Waals surface area contributed by atoms with E-state index < -0.39 is 23.7 Å². The number of hydrogen-bond donors (Lipinski definition) is 1. The summed E-state index contributed by atoms with van der Waals surface area (Å²) in [6.45, 7) is 0. The Balaban J connectivity index is 3.16. The molecule has 1 amide bonds. The molecule has 1 rings (SSSR count). The van der Waals surface area contributed by atoms with Gasteiger partial charge in [0.2, 0.25) is 0 Å². The van der Waals surface area contributed by atoms with Crippen molar-refractivity contribution in [2.45, 2.75) is 12.1 Å². The van der Waals surface area contributed by atoms with E-state index in [1.807, 2.05) is 0 Å². The quantitative estimate of drug-likeness (QED) is 0.858. The third-order valence-electron chi connectivity index (χ3n) is 2.36. The molecule has 0 fully saturated rings. The van der Waals surface area contributed by atoms with Crippen LogP contribution >= 0.6 is 11.6 Å². The summed E-state index contributed by atoms with van der Waals surface area (Å²) in [5.41, 5.74) is -0.437. The largest absolute Gasteiger partial charge is 0.495 e. The van der Waals surface area contributed by atoms with Crippen LogP contribution in [0.3, 0.4) is 0 Å². The van der Waals surface area contributed by atoms with Crippen LogP contribution in [0.25, 0.3) is 0 Å². The Morgan fingerprint density at radius 2 is 1.62 bits per heavy atom. The second-order valence-electron chi connectivity index (χ2n) is 3.71. The van der Waals surface area contributed by atoms with E-state index in [1.54, 1.807) is 0 Å². The number of carbonyl (C=O) groups excluding carboxylic acids is 1. The zero-order valence-electron chi connectivity index (χ0n) is 10.6. The zero-order chi connectivity index (χ0) is 16.4. The lowest BCUT2D eigenvalue weighted by molar-refractivity contribution is -0.267. The fraction of sp³-hybridized carbons (Fsp3) is 0.364. The summed E-state index contributed by atoms with van der Waals surface area (Å²) in [6.07, 6.45) is -6.01. The van der Waals surface area contributed by atoms with Gasteiger partial charge in [0.15, 0.2) is 0 Å². The predicted octanol–water partition coefficient (Wildman–Crippen LogP) is 3.49. The summed E-state index contributed by atoms with van der Waals surface area (Å²) < 4.78 is 71.5. The number of nitrogens with one attached hydrogen (secondary N) is 1. The van der Waals surface area contributed by atoms with Gasteiger partial charge >= 0.3 is 18.0 Å². The summed E-state index contributed by atoms with van der Waals surface area (Å²) in [6, 6.07) is 2.06. The van der Waals surface area contributed by atoms with Crippen LogP contribution < -0.4 is 14.8 Å². The van der Waals surface area contributed by atoms with Crippen LogP contribution in [0.2, 0.25) is 5.02 Å². The first-order valence-corrected chi connectivity index (χ1v) is 5.60. The molecule has 0 unspecified atom stereocenters. The molecular formula is C11H9ClF5NO3. The number of carbonyl (C=O) groups is 1. The van der Waals surface area contributed by atoms with Crippen LogP contribution in [-0.4, -0.2) is 32.2 Å². The van der Waals surface area contributed by atoms with E-state index in [2.05, 4.69) is 0 Å². The fourth-order valence-electron chi connectivity index (χ4n) is 1.29. The number of alkyl halides is 5. The zero-order valence-corrected chi connectivity index (χ0v) is 11.4. The Labute approximate surface area is 120 Å². The van der Waals surface area contributed by atoms with Crippen molar-refractivity contribution in [3.8, 4) is 11.5 Å². The molecule has 0 heterocycles. The van der Waals surface area contributed by atoms with Crippen LogP contribution in [0.5, 0.6) is 11.5 Å². The molecule has 0 aliphatic heterocycles. The maximum absolute atomic E-state index is 12.9. The maximum Gasteiger partial charge on any atom is 0.463 e. The first-order valence-electron chi connectivity index (χ1n) is 5.22. The molecule has 10 heteroatoms. The summed E-state index contributed by atoms with van der Waals surface area (Å²) in [4.78, 5) is 11.1. The van der Waals surface area contributed by atoms with Gasteiger partial charge in [0.05, 0.1) is 24.9 Å². The number of amides is 1. The third-order valence-corrected chi connectivity index (χ3v) is 2.66. The minimum Gasteiger partial charge on any atom is -0.495 e. The van der Waals surface area contributed by atoms with Crippen molar-refractivity contribution in [1.29, 1.82) is 0 Å². The number of halogens is 6. The molecular weight excluding hydrogens is 325 g/mol. The van der Waals surface area contributed by atoms with Gasteiger partial charge in [-0.25, -0.2) is 0 Å². The van der Waals surface area contributed by atoms with Crippen LogP contribution in [0.4, 0.5) is 27.6 Å². The average Bonchev–Trinajstić information content (AvgIpc) is 2.38. The van der Waals surface area contributed by atoms with E-state index in [4.69, 9.17) is 21.1 Å². The van der Waals surface area contributed by atoms with Crippen molar-refractivity contribution in [3.05, 3.63) is 17.2 Å². The van der Waals surface area contributed by atoms with Gasteiger partial charge in [-0.2, -0.15) is 22.0 Å². The van der Waals surface area contributed by atoms with Crippen molar-refractivity contribution in [1.82, 2.24) is 0 Å². The van der Waals surface area contributed by atoms with Gasteiger partial charge in [0, 0.05) is 12.1 Å². The van der Waals surface area contributed by atoms with E-state index in [1.165, 1.54) is 12.4 Å². The van der Waals surface area contributed by atoms with Gasteiger partial charge in [-0.15, -0.1) is 0 Å². The van der Waals surface area contributed by atoms with Gasteiger partial charge in [-0.05, 0) is 0 Å². The number of hydrogen-bond acceptors (Lipinski definition) is 3. The molecule has 0 aromatic heterocycles. The predicted molar refractivity (Wildman–Crippen MR) is 64.2 cm³/mol. The highest BCUT2D eigenvalue weighted by atomic mass is 35.5. The Kier molecular flexibility index (Phi) is 4.87. The summed E-state index contributed by atoms with van der Waals surface area (Å²) in [7, 11) is 2.32. The Morgan fingerprint density at radius 3 is 2.05 bits per heavy atom. The minimum absolute atomic E-state index is 0.0231. The van der Waals surface area contributed by atoms with Gasteiger partial charge in [-0.1, -0.05) is 11.6 Å². The first-order chi connectivity index (χ1) is 9.54. The van der Waals surface area contributed by atoms with E-state index in [0.717, 1.165) is 19.2 Å². The smallest absolute Gasteiger partial charge is 0.463 e. The molecule has 4 nitrogen and oxygen atoms in total.